The Morgan fingerprint density at radius 3 is 2.53 bits per heavy atom. The van der Waals surface area contributed by atoms with Gasteiger partial charge in [0.25, 0.3) is 0 Å². The quantitative estimate of drug-likeness (QED) is 0.303. The second kappa shape index (κ2) is 12.8. The van der Waals surface area contributed by atoms with E-state index in [0.717, 1.165) is 86.6 Å². The number of carbonyl (C=O) groups is 1. The lowest BCUT2D eigenvalue weighted by molar-refractivity contribution is -0.131. The molecule has 2 aromatic heterocycles. The molecule has 1 aromatic carbocycles. The molecule has 194 valence electrons. The Labute approximate surface area is 215 Å². The molecule has 1 fully saturated rings. The molecular weight excluding hydrogens is 448 g/mol. The summed E-state index contributed by atoms with van der Waals surface area (Å²) < 4.78 is 1.93. The molecule has 0 bridgehead atoms. The first kappa shape index (κ1) is 26.1. The Balaban J connectivity index is 1.56. The van der Waals surface area contributed by atoms with E-state index in [9.17, 15) is 4.79 Å². The van der Waals surface area contributed by atoms with Crippen LogP contribution in [0, 0.1) is 0 Å². The van der Waals surface area contributed by atoms with Crippen molar-refractivity contribution in [3.8, 4) is 5.69 Å². The molecule has 1 amide bonds. The number of fused-ring (bicyclic) bond motifs is 1. The Morgan fingerprint density at radius 2 is 1.75 bits per heavy atom. The smallest absolute Gasteiger partial charge is 0.222 e. The lowest BCUT2D eigenvalue weighted by Crippen LogP contribution is -2.35. The second-order valence-corrected chi connectivity index (χ2v) is 10.1. The minimum absolute atomic E-state index is 0.273. The number of anilines is 1. The minimum atomic E-state index is 0.273. The Morgan fingerprint density at radius 1 is 0.944 bits per heavy atom. The van der Waals surface area contributed by atoms with Crippen molar-refractivity contribution in [2.45, 2.75) is 84.5 Å². The van der Waals surface area contributed by atoms with Crippen LogP contribution in [0.5, 0.6) is 0 Å². The van der Waals surface area contributed by atoms with E-state index in [1.165, 1.54) is 19.3 Å². The highest BCUT2D eigenvalue weighted by atomic mass is 16.2. The molecular formula is C29H42N6O. The average molecular weight is 491 g/mol. The number of amides is 1. The van der Waals surface area contributed by atoms with Crippen molar-refractivity contribution in [2.75, 3.05) is 31.1 Å². The fraction of sp³-hybridized carbons (Fsp3) is 0.586. The summed E-state index contributed by atoms with van der Waals surface area (Å²) in [4.78, 5) is 27.4. The van der Waals surface area contributed by atoms with Crippen molar-refractivity contribution in [1.82, 2.24) is 24.6 Å². The monoisotopic (exact) mass is 490 g/mol. The third kappa shape index (κ3) is 6.23. The molecule has 1 aliphatic rings. The third-order valence-electron chi connectivity index (χ3n) is 7.23. The first-order chi connectivity index (χ1) is 17.6. The van der Waals surface area contributed by atoms with Gasteiger partial charge in [-0.25, -0.2) is 14.6 Å². The zero-order valence-corrected chi connectivity index (χ0v) is 22.3. The van der Waals surface area contributed by atoms with Gasteiger partial charge < -0.3 is 9.80 Å². The molecule has 1 saturated heterocycles. The summed E-state index contributed by atoms with van der Waals surface area (Å²) >= 11 is 0. The molecule has 1 atom stereocenters. The number of hydrogen-bond acceptors (Lipinski definition) is 5. The van der Waals surface area contributed by atoms with Gasteiger partial charge in [-0.05, 0) is 31.4 Å². The zero-order valence-electron chi connectivity index (χ0n) is 22.3. The Kier molecular flexibility index (Phi) is 9.31. The second-order valence-electron chi connectivity index (χ2n) is 10.1. The SMILES string of the molecule is CCCCCCCC(=O)N1CCCN(c2nc(C(C)CCC)nc3c2cnn3-c2ccccc2)CC1. The summed E-state index contributed by atoms with van der Waals surface area (Å²) in [6, 6.07) is 10.2. The highest BCUT2D eigenvalue weighted by Gasteiger charge is 2.24. The van der Waals surface area contributed by atoms with Gasteiger partial charge in [-0.3, -0.25) is 4.79 Å². The van der Waals surface area contributed by atoms with E-state index < -0.39 is 0 Å². The van der Waals surface area contributed by atoms with Gasteiger partial charge in [-0.2, -0.15) is 5.10 Å². The van der Waals surface area contributed by atoms with Gasteiger partial charge in [0.15, 0.2) is 5.65 Å². The van der Waals surface area contributed by atoms with Crippen molar-refractivity contribution < 1.29 is 4.79 Å². The zero-order chi connectivity index (χ0) is 25.3. The minimum Gasteiger partial charge on any atom is -0.354 e. The maximum Gasteiger partial charge on any atom is 0.222 e. The van der Waals surface area contributed by atoms with E-state index in [1.807, 2.05) is 29.1 Å². The fourth-order valence-corrected chi connectivity index (χ4v) is 5.11. The van der Waals surface area contributed by atoms with Gasteiger partial charge in [-0.15, -0.1) is 0 Å². The lowest BCUT2D eigenvalue weighted by atomic mass is 10.1. The van der Waals surface area contributed by atoms with Gasteiger partial charge in [0.05, 0.1) is 17.3 Å². The molecule has 7 nitrogen and oxygen atoms in total. The summed E-state index contributed by atoms with van der Waals surface area (Å²) in [6.45, 7) is 9.86. The summed E-state index contributed by atoms with van der Waals surface area (Å²) in [5, 5.41) is 5.69. The number of unbranched alkanes of at least 4 members (excludes halogenated alkanes) is 4. The number of rotatable bonds is 11. The van der Waals surface area contributed by atoms with E-state index in [1.54, 1.807) is 0 Å². The van der Waals surface area contributed by atoms with E-state index >= 15 is 0 Å². The van der Waals surface area contributed by atoms with Crippen LogP contribution in [0.3, 0.4) is 0 Å². The Hall–Kier alpha value is -2.96. The van der Waals surface area contributed by atoms with Crippen LogP contribution >= 0.6 is 0 Å². The molecule has 1 unspecified atom stereocenters. The lowest BCUT2D eigenvalue weighted by Gasteiger charge is -2.24. The van der Waals surface area contributed by atoms with Crippen LogP contribution in [0.15, 0.2) is 36.5 Å². The van der Waals surface area contributed by atoms with Crippen LogP contribution < -0.4 is 4.90 Å². The third-order valence-corrected chi connectivity index (χ3v) is 7.23. The average Bonchev–Trinajstić information content (AvgIpc) is 3.17. The number of hydrogen-bond donors (Lipinski definition) is 0. The van der Waals surface area contributed by atoms with Gasteiger partial charge in [0.1, 0.15) is 11.6 Å². The molecule has 0 N–H and O–H groups in total. The number of nitrogens with zero attached hydrogens (tertiary/aromatic N) is 6. The number of benzene rings is 1. The van der Waals surface area contributed by atoms with Crippen LogP contribution in [0.25, 0.3) is 16.7 Å². The van der Waals surface area contributed by atoms with Crippen molar-refractivity contribution in [3.05, 3.63) is 42.4 Å². The first-order valence-electron chi connectivity index (χ1n) is 14.0. The predicted molar refractivity (Wildman–Crippen MR) is 147 cm³/mol. The highest BCUT2D eigenvalue weighted by Crippen LogP contribution is 2.29. The maximum absolute atomic E-state index is 12.9. The standard InChI is InChI=1S/C29H42N6O/c1-4-6-7-8-12-17-26(36)33-18-13-19-34(21-20-33)28-25-22-30-35(24-15-10-9-11-16-24)29(25)32-27(31-28)23(3)14-5-2/h9-11,15-16,22-23H,4-8,12-14,17-21H2,1-3H3. The normalized spacial score (nSPS) is 15.3. The molecule has 7 heteroatoms. The maximum atomic E-state index is 12.9. The molecule has 0 radical (unpaired) electrons. The number of aromatic nitrogens is 4. The van der Waals surface area contributed by atoms with E-state index in [0.29, 0.717) is 12.3 Å². The largest absolute Gasteiger partial charge is 0.354 e. The van der Waals surface area contributed by atoms with Crippen LogP contribution in [0.2, 0.25) is 0 Å². The molecule has 0 saturated carbocycles. The van der Waals surface area contributed by atoms with Gasteiger partial charge in [-0.1, -0.05) is 71.1 Å². The topological polar surface area (TPSA) is 67.2 Å². The summed E-state index contributed by atoms with van der Waals surface area (Å²) in [5.74, 6) is 2.40. The van der Waals surface area contributed by atoms with Crippen molar-refractivity contribution in [3.63, 3.8) is 0 Å². The van der Waals surface area contributed by atoms with E-state index in [2.05, 4.69) is 42.7 Å². The van der Waals surface area contributed by atoms with Crippen molar-refractivity contribution in [1.29, 1.82) is 0 Å². The molecule has 4 rings (SSSR count). The van der Waals surface area contributed by atoms with Gasteiger partial charge in [0.2, 0.25) is 5.91 Å². The number of carbonyl (C=O) groups excluding carboxylic acids is 1. The van der Waals surface area contributed by atoms with Crippen LogP contribution in [0.4, 0.5) is 5.82 Å². The van der Waals surface area contributed by atoms with Gasteiger partial charge >= 0.3 is 0 Å². The predicted octanol–water partition coefficient (Wildman–Crippen LogP) is 6.12. The summed E-state index contributed by atoms with van der Waals surface area (Å²) in [6.07, 6.45) is 11.5. The molecule has 3 heterocycles. The fourth-order valence-electron chi connectivity index (χ4n) is 5.11. The first-order valence-corrected chi connectivity index (χ1v) is 14.0. The summed E-state index contributed by atoms with van der Waals surface area (Å²) in [5.41, 5.74) is 1.85. The molecule has 36 heavy (non-hydrogen) atoms. The van der Waals surface area contributed by atoms with Crippen LogP contribution in [0.1, 0.15) is 90.3 Å². The van der Waals surface area contributed by atoms with E-state index in [4.69, 9.17) is 15.1 Å². The van der Waals surface area contributed by atoms with Crippen molar-refractivity contribution >= 4 is 22.8 Å². The molecule has 0 spiro atoms. The molecule has 3 aromatic rings. The summed E-state index contributed by atoms with van der Waals surface area (Å²) in [7, 11) is 0. The Bertz CT molecular complexity index is 1110. The molecule has 1 aliphatic heterocycles. The van der Waals surface area contributed by atoms with Crippen molar-refractivity contribution in [2.24, 2.45) is 0 Å². The van der Waals surface area contributed by atoms with Gasteiger partial charge in [0, 0.05) is 38.5 Å². The van der Waals surface area contributed by atoms with Crippen LogP contribution in [-0.4, -0.2) is 56.7 Å². The van der Waals surface area contributed by atoms with Crippen LogP contribution in [-0.2, 0) is 4.79 Å². The highest BCUT2D eigenvalue weighted by molar-refractivity contribution is 5.88. The molecule has 0 aliphatic carbocycles. The number of para-hydroxylation sites is 1. The van der Waals surface area contributed by atoms with E-state index in [-0.39, 0.29) is 5.92 Å².